The SMILES string of the molecule is O=C1NC(=O)C2(CCN(C(=O)C(c3ccccc3)c3ccccc3)CC2)N1. The molecular weight excluding hydrogens is 342 g/mol. The molecule has 0 saturated carbocycles. The number of imide groups is 1. The van der Waals surface area contributed by atoms with E-state index in [4.69, 9.17) is 0 Å². The largest absolute Gasteiger partial charge is 0.342 e. The molecule has 2 aromatic rings. The lowest BCUT2D eigenvalue weighted by molar-refractivity contribution is -0.136. The zero-order chi connectivity index (χ0) is 18.9. The zero-order valence-electron chi connectivity index (χ0n) is 14.9. The lowest BCUT2D eigenvalue weighted by atomic mass is 9.85. The highest BCUT2D eigenvalue weighted by Crippen LogP contribution is 2.31. The Hall–Kier alpha value is -3.15. The van der Waals surface area contributed by atoms with Crippen LogP contribution in [0.25, 0.3) is 0 Å². The molecule has 2 heterocycles. The van der Waals surface area contributed by atoms with Gasteiger partial charge in [-0.3, -0.25) is 14.9 Å². The molecule has 0 radical (unpaired) electrons. The van der Waals surface area contributed by atoms with Crippen molar-refractivity contribution in [1.82, 2.24) is 15.5 Å². The molecule has 2 aliphatic heterocycles. The molecule has 6 nitrogen and oxygen atoms in total. The van der Waals surface area contributed by atoms with Crippen molar-refractivity contribution < 1.29 is 14.4 Å². The molecule has 138 valence electrons. The van der Waals surface area contributed by atoms with Crippen LogP contribution in [0.1, 0.15) is 29.9 Å². The van der Waals surface area contributed by atoms with Crippen molar-refractivity contribution in [3.05, 3.63) is 71.8 Å². The standard InChI is InChI=1S/C21H21N3O3/c25-18(24-13-11-21(12-14-24)19(26)22-20(27)23-21)17(15-7-3-1-4-8-15)16-9-5-2-6-10-16/h1-10,17H,11-14H2,(H2,22,23,26,27). The Morgan fingerprint density at radius 1 is 0.889 bits per heavy atom. The van der Waals surface area contributed by atoms with Gasteiger partial charge in [-0.05, 0) is 24.0 Å². The van der Waals surface area contributed by atoms with E-state index in [0.29, 0.717) is 25.9 Å². The van der Waals surface area contributed by atoms with Crippen LogP contribution in [0.3, 0.4) is 0 Å². The van der Waals surface area contributed by atoms with Gasteiger partial charge >= 0.3 is 6.03 Å². The summed E-state index contributed by atoms with van der Waals surface area (Å²) in [4.78, 5) is 38.8. The minimum Gasteiger partial charge on any atom is -0.342 e. The lowest BCUT2D eigenvalue weighted by Gasteiger charge is -2.38. The average Bonchev–Trinajstić information content (AvgIpc) is 2.97. The highest BCUT2D eigenvalue weighted by atomic mass is 16.2. The molecule has 6 heteroatoms. The third kappa shape index (κ3) is 3.18. The van der Waals surface area contributed by atoms with Crippen LogP contribution in [0.4, 0.5) is 4.79 Å². The van der Waals surface area contributed by atoms with Gasteiger partial charge in [0.1, 0.15) is 5.54 Å². The van der Waals surface area contributed by atoms with E-state index in [0.717, 1.165) is 11.1 Å². The first kappa shape index (κ1) is 17.3. The van der Waals surface area contributed by atoms with Gasteiger partial charge in [0.25, 0.3) is 5.91 Å². The first-order valence-electron chi connectivity index (χ1n) is 9.11. The van der Waals surface area contributed by atoms with E-state index in [9.17, 15) is 14.4 Å². The molecule has 2 aromatic carbocycles. The Bertz CT molecular complexity index is 819. The number of urea groups is 1. The number of hydrogen-bond acceptors (Lipinski definition) is 3. The van der Waals surface area contributed by atoms with Gasteiger partial charge in [0.05, 0.1) is 5.92 Å². The number of likely N-dealkylation sites (tertiary alicyclic amines) is 1. The lowest BCUT2D eigenvalue weighted by Crippen LogP contribution is -2.56. The molecule has 2 N–H and O–H groups in total. The van der Waals surface area contributed by atoms with Crippen LogP contribution in [-0.4, -0.2) is 41.4 Å². The van der Waals surface area contributed by atoms with E-state index in [-0.39, 0.29) is 17.7 Å². The molecular formula is C21H21N3O3. The van der Waals surface area contributed by atoms with Crippen LogP contribution in [0, 0.1) is 0 Å². The number of nitrogens with one attached hydrogen (secondary N) is 2. The summed E-state index contributed by atoms with van der Waals surface area (Å²) in [5, 5.41) is 5.04. The van der Waals surface area contributed by atoms with Crippen LogP contribution in [0.15, 0.2) is 60.7 Å². The van der Waals surface area contributed by atoms with Crippen LogP contribution in [0.5, 0.6) is 0 Å². The Kier molecular flexibility index (Phi) is 4.39. The summed E-state index contributed by atoms with van der Waals surface area (Å²) in [7, 11) is 0. The van der Waals surface area contributed by atoms with E-state index in [2.05, 4.69) is 10.6 Å². The Morgan fingerprint density at radius 3 is 1.85 bits per heavy atom. The monoisotopic (exact) mass is 363 g/mol. The molecule has 2 saturated heterocycles. The van der Waals surface area contributed by atoms with Crippen molar-refractivity contribution >= 4 is 17.8 Å². The molecule has 4 amide bonds. The number of piperidine rings is 1. The minimum atomic E-state index is -0.872. The molecule has 4 rings (SSSR count). The second kappa shape index (κ2) is 6.87. The maximum absolute atomic E-state index is 13.4. The molecule has 0 atom stereocenters. The summed E-state index contributed by atoms with van der Waals surface area (Å²) in [6.07, 6.45) is 0.846. The first-order chi connectivity index (χ1) is 13.1. The maximum atomic E-state index is 13.4. The van der Waals surface area contributed by atoms with Gasteiger partial charge in [0.2, 0.25) is 5.91 Å². The quantitative estimate of drug-likeness (QED) is 0.819. The highest BCUT2D eigenvalue weighted by Gasteiger charge is 2.48. The molecule has 0 aliphatic carbocycles. The number of carbonyl (C=O) groups is 3. The van der Waals surface area contributed by atoms with Crippen molar-refractivity contribution in [2.75, 3.05) is 13.1 Å². The molecule has 2 fully saturated rings. The summed E-state index contributed by atoms with van der Waals surface area (Å²) in [5.74, 6) is -0.650. The summed E-state index contributed by atoms with van der Waals surface area (Å²) in [5.41, 5.74) is 1.02. The van der Waals surface area contributed by atoms with Gasteiger partial charge in [-0.15, -0.1) is 0 Å². The second-order valence-electron chi connectivity index (χ2n) is 7.07. The third-order valence-corrected chi connectivity index (χ3v) is 5.46. The fourth-order valence-corrected chi connectivity index (χ4v) is 3.94. The molecule has 0 aromatic heterocycles. The molecule has 1 spiro atoms. The normalized spacial score (nSPS) is 18.5. The Morgan fingerprint density at radius 2 is 1.41 bits per heavy atom. The van der Waals surface area contributed by atoms with E-state index >= 15 is 0 Å². The highest BCUT2D eigenvalue weighted by molar-refractivity contribution is 6.07. The third-order valence-electron chi connectivity index (χ3n) is 5.46. The predicted molar refractivity (Wildman–Crippen MR) is 99.9 cm³/mol. The molecule has 27 heavy (non-hydrogen) atoms. The van der Waals surface area contributed by atoms with Crippen molar-refractivity contribution in [1.29, 1.82) is 0 Å². The van der Waals surface area contributed by atoms with Crippen molar-refractivity contribution in [3.63, 3.8) is 0 Å². The summed E-state index contributed by atoms with van der Waals surface area (Å²) in [6, 6.07) is 19.0. The number of rotatable bonds is 3. The van der Waals surface area contributed by atoms with E-state index < -0.39 is 11.6 Å². The van der Waals surface area contributed by atoms with Crippen LogP contribution in [-0.2, 0) is 9.59 Å². The van der Waals surface area contributed by atoms with Gasteiger partial charge in [-0.25, -0.2) is 4.79 Å². The van der Waals surface area contributed by atoms with Gasteiger partial charge in [0.15, 0.2) is 0 Å². The number of carbonyl (C=O) groups excluding carboxylic acids is 3. The van der Waals surface area contributed by atoms with Crippen LogP contribution < -0.4 is 10.6 Å². The van der Waals surface area contributed by atoms with E-state index in [1.807, 2.05) is 60.7 Å². The fraction of sp³-hybridized carbons (Fsp3) is 0.286. The van der Waals surface area contributed by atoms with Crippen molar-refractivity contribution in [2.24, 2.45) is 0 Å². The van der Waals surface area contributed by atoms with Crippen LogP contribution >= 0.6 is 0 Å². The fourth-order valence-electron chi connectivity index (χ4n) is 3.94. The number of hydrogen-bond donors (Lipinski definition) is 2. The van der Waals surface area contributed by atoms with Crippen LogP contribution in [0.2, 0.25) is 0 Å². The summed E-state index contributed by atoms with van der Waals surface area (Å²) in [6.45, 7) is 0.866. The summed E-state index contributed by atoms with van der Waals surface area (Å²) >= 11 is 0. The zero-order valence-corrected chi connectivity index (χ0v) is 14.9. The topological polar surface area (TPSA) is 78.5 Å². The molecule has 0 unspecified atom stereocenters. The molecule has 0 bridgehead atoms. The van der Waals surface area contributed by atoms with E-state index in [1.54, 1.807) is 4.90 Å². The number of benzene rings is 2. The van der Waals surface area contributed by atoms with Gasteiger partial charge in [-0.2, -0.15) is 0 Å². The molecule has 2 aliphatic rings. The average molecular weight is 363 g/mol. The Labute approximate surface area is 157 Å². The van der Waals surface area contributed by atoms with E-state index in [1.165, 1.54) is 0 Å². The van der Waals surface area contributed by atoms with Crippen molar-refractivity contribution in [2.45, 2.75) is 24.3 Å². The minimum absolute atomic E-state index is 0.0204. The predicted octanol–water partition coefficient (Wildman–Crippen LogP) is 2.02. The first-order valence-corrected chi connectivity index (χ1v) is 9.11. The van der Waals surface area contributed by atoms with Gasteiger partial charge in [0, 0.05) is 13.1 Å². The number of amides is 4. The number of nitrogens with zero attached hydrogens (tertiary/aromatic N) is 1. The Balaban J connectivity index is 1.57. The van der Waals surface area contributed by atoms with Gasteiger partial charge < -0.3 is 10.2 Å². The van der Waals surface area contributed by atoms with Crippen molar-refractivity contribution in [3.8, 4) is 0 Å². The summed E-state index contributed by atoms with van der Waals surface area (Å²) < 4.78 is 0. The smallest absolute Gasteiger partial charge is 0.322 e. The van der Waals surface area contributed by atoms with Gasteiger partial charge in [-0.1, -0.05) is 60.7 Å². The maximum Gasteiger partial charge on any atom is 0.322 e. The second-order valence-corrected chi connectivity index (χ2v) is 7.07.